The Bertz CT molecular complexity index is 622. The van der Waals surface area contributed by atoms with Gasteiger partial charge in [-0.15, -0.1) is 0 Å². The highest BCUT2D eigenvalue weighted by atomic mass is 16.5. The van der Waals surface area contributed by atoms with Gasteiger partial charge in [-0.05, 0) is 42.3 Å². The second-order valence-electron chi connectivity index (χ2n) is 5.86. The van der Waals surface area contributed by atoms with E-state index in [1.165, 1.54) is 11.1 Å². The summed E-state index contributed by atoms with van der Waals surface area (Å²) in [7, 11) is 0. The summed E-state index contributed by atoms with van der Waals surface area (Å²) < 4.78 is 5.74. The average molecular weight is 309 g/mol. The summed E-state index contributed by atoms with van der Waals surface area (Å²) in [5.74, 6) is 1.08. The fraction of sp³-hybridized carbons (Fsp3) is 0.300. The van der Waals surface area contributed by atoms with Crippen molar-refractivity contribution in [1.29, 1.82) is 0 Å². The number of aliphatic hydroxyl groups excluding tert-OH is 1. The Morgan fingerprint density at radius 1 is 1.09 bits per heavy atom. The standard InChI is InChI=1S/C20H23NO2/c22-20-15-21-13-12-19(20)17-8-10-18(11-9-17)23-14-4-7-16-5-2-1-3-6-16/h1-11,19-22H,12-15H2/b7-4+. The third kappa shape index (κ3) is 4.44. The van der Waals surface area contributed by atoms with Crippen LogP contribution in [-0.4, -0.2) is 30.9 Å². The predicted octanol–water partition coefficient (Wildman–Crippen LogP) is 3.22. The van der Waals surface area contributed by atoms with Crippen LogP contribution in [0, 0.1) is 0 Å². The first-order valence-corrected chi connectivity index (χ1v) is 8.16. The molecule has 0 radical (unpaired) electrons. The van der Waals surface area contributed by atoms with Gasteiger partial charge in [-0.2, -0.15) is 0 Å². The fourth-order valence-corrected chi connectivity index (χ4v) is 2.93. The van der Waals surface area contributed by atoms with Crippen LogP contribution in [0.5, 0.6) is 5.75 Å². The van der Waals surface area contributed by atoms with Gasteiger partial charge in [0.2, 0.25) is 0 Å². The molecule has 0 saturated carbocycles. The molecule has 23 heavy (non-hydrogen) atoms. The van der Waals surface area contributed by atoms with E-state index in [9.17, 15) is 5.11 Å². The Morgan fingerprint density at radius 2 is 1.87 bits per heavy atom. The molecular weight excluding hydrogens is 286 g/mol. The second-order valence-corrected chi connectivity index (χ2v) is 5.86. The third-order valence-corrected chi connectivity index (χ3v) is 4.21. The summed E-state index contributed by atoms with van der Waals surface area (Å²) in [6.07, 6.45) is 4.74. The molecule has 0 aromatic heterocycles. The molecule has 2 N–H and O–H groups in total. The Hall–Kier alpha value is -2.10. The van der Waals surface area contributed by atoms with Crippen molar-refractivity contribution in [3.63, 3.8) is 0 Å². The second kappa shape index (κ2) is 7.95. The largest absolute Gasteiger partial charge is 0.490 e. The van der Waals surface area contributed by atoms with Crippen molar-refractivity contribution in [2.24, 2.45) is 0 Å². The summed E-state index contributed by atoms with van der Waals surface area (Å²) in [5, 5.41) is 13.3. The molecule has 1 fully saturated rings. The first kappa shape index (κ1) is 15.8. The van der Waals surface area contributed by atoms with Gasteiger partial charge in [0.05, 0.1) is 6.10 Å². The zero-order valence-electron chi connectivity index (χ0n) is 13.2. The van der Waals surface area contributed by atoms with Crippen molar-refractivity contribution < 1.29 is 9.84 Å². The van der Waals surface area contributed by atoms with Crippen molar-refractivity contribution in [3.8, 4) is 5.75 Å². The maximum Gasteiger partial charge on any atom is 0.119 e. The van der Waals surface area contributed by atoms with Gasteiger partial charge >= 0.3 is 0 Å². The van der Waals surface area contributed by atoms with Crippen LogP contribution in [-0.2, 0) is 0 Å². The molecule has 1 aliphatic rings. The lowest BCUT2D eigenvalue weighted by molar-refractivity contribution is 0.118. The van der Waals surface area contributed by atoms with Crippen LogP contribution in [0.3, 0.4) is 0 Å². The first-order valence-electron chi connectivity index (χ1n) is 8.16. The molecule has 1 saturated heterocycles. The van der Waals surface area contributed by atoms with Gasteiger partial charge in [0, 0.05) is 12.5 Å². The SMILES string of the molecule is OC1CNCCC1c1ccc(OC/C=C/c2ccccc2)cc1. The van der Waals surface area contributed by atoms with Crippen molar-refractivity contribution in [2.75, 3.05) is 19.7 Å². The molecule has 3 heteroatoms. The maximum atomic E-state index is 10.1. The summed E-state index contributed by atoms with van der Waals surface area (Å²) in [5.41, 5.74) is 2.36. The molecule has 0 spiro atoms. The fourth-order valence-electron chi connectivity index (χ4n) is 2.93. The molecular formula is C20H23NO2. The van der Waals surface area contributed by atoms with E-state index in [-0.39, 0.29) is 12.0 Å². The van der Waals surface area contributed by atoms with Crippen LogP contribution in [0.15, 0.2) is 60.7 Å². The number of rotatable bonds is 5. The molecule has 120 valence electrons. The van der Waals surface area contributed by atoms with Gasteiger partial charge in [0.15, 0.2) is 0 Å². The number of hydrogen-bond acceptors (Lipinski definition) is 3. The number of aliphatic hydroxyl groups is 1. The van der Waals surface area contributed by atoms with Gasteiger partial charge in [-0.1, -0.05) is 48.5 Å². The highest BCUT2D eigenvalue weighted by Gasteiger charge is 2.24. The minimum absolute atomic E-state index is 0.225. The van der Waals surface area contributed by atoms with Crippen LogP contribution in [0.25, 0.3) is 6.08 Å². The summed E-state index contributed by atoms with van der Waals surface area (Å²) in [6, 6.07) is 18.3. The molecule has 1 heterocycles. The van der Waals surface area contributed by atoms with Gasteiger partial charge in [-0.3, -0.25) is 0 Å². The van der Waals surface area contributed by atoms with E-state index in [2.05, 4.69) is 35.7 Å². The highest BCUT2D eigenvalue weighted by molar-refractivity contribution is 5.48. The number of hydrogen-bond donors (Lipinski definition) is 2. The normalized spacial score (nSPS) is 21.4. The van der Waals surface area contributed by atoms with E-state index < -0.39 is 0 Å². The van der Waals surface area contributed by atoms with E-state index in [0.717, 1.165) is 18.7 Å². The van der Waals surface area contributed by atoms with E-state index in [0.29, 0.717) is 13.2 Å². The van der Waals surface area contributed by atoms with Crippen LogP contribution in [0.1, 0.15) is 23.5 Å². The van der Waals surface area contributed by atoms with Crippen LogP contribution in [0.2, 0.25) is 0 Å². The molecule has 2 aromatic rings. The number of benzene rings is 2. The van der Waals surface area contributed by atoms with Crippen molar-refractivity contribution >= 4 is 6.08 Å². The minimum Gasteiger partial charge on any atom is -0.490 e. The highest BCUT2D eigenvalue weighted by Crippen LogP contribution is 2.27. The van der Waals surface area contributed by atoms with E-state index in [1.54, 1.807) is 0 Å². The number of piperidine rings is 1. The topological polar surface area (TPSA) is 41.5 Å². The van der Waals surface area contributed by atoms with E-state index >= 15 is 0 Å². The molecule has 2 atom stereocenters. The molecule has 0 amide bonds. The summed E-state index contributed by atoms with van der Waals surface area (Å²) in [6.45, 7) is 2.18. The summed E-state index contributed by atoms with van der Waals surface area (Å²) >= 11 is 0. The lowest BCUT2D eigenvalue weighted by Crippen LogP contribution is -2.39. The molecule has 3 rings (SSSR count). The molecule has 0 bridgehead atoms. The Kier molecular flexibility index (Phi) is 5.46. The Morgan fingerprint density at radius 3 is 2.61 bits per heavy atom. The first-order chi connectivity index (χ1) is 11.3. The Balaban J connectivity index is 1.52. The molecule has 2 unspecified atom stereocenters. The molecule has 1 aliphatic heterocycles. The number of ether oxygens (including phenoxy) is 1. The zero-order valence-corrected chi connectivity index (χ0v) is 13.2. The minimum atomic E-state index is -0.302. The Labute approximate surface area is 137 Å². The van der Waals surface area contributed by atoms with Gasteiger partial charge in [0.25, 0.3) is 0 Å². The average Bonchev–Trinajstić information content (AvgIpc) is 2.61. The quantitative estimate of drug-likeness (QED) is 0.891. The van der Waals surface area contributed by atoms with Crippen LogP contribution >= 0.6 is 0 Å². The predicted molar refractivity (Wildman–Crippen MR) is 93.6 cm³/mol. The third-order valence-electron chi connectivity index (χ3n) is 4.21. The van der Waals surface area contributed by atoms with Gasteiger partial charge in [0.1, 0.15) is 12.4 Å². The lowest BCUT2D eigenvalue weighted by atomic mass is 9.88. The van der Waals surface area contributed by atoms with Crippen LogP contribution < -0.4 is 10.1 Å². The summed E-state index contributed by atoms with van der Waals surface area (Å²) in [4.78, 5) is 0. The van der Waals surface area contributed by atoms with Crippen molar-refractivity contribution in [3.05, 3.63) is 71.8 Å². The van der Waals surface area contributed by atoms with Gasteiger partial charge < -0.3 is 15.2 Å². The van der Waals surface area contributed by atoms with Crippen LogP contribution in [0.4, 0.5) is 0 Å². The van der Waals surface area contributed by atoms with E-state index in [1.807, 2.05) is 36.4 Å². The molecule has 0 aliphatic carbocycles. The molecule has 3 nitrogen and oxygen atoms in total. The van der Waals surface area contributed by atoms with Crippen molar-refractivity contribution in [1.82, 2.24) is 5.32 Å². The zero-order chi connectivity index (χ0) is 15.9. The van der Waals surface area contributed by atoms with E-state index in [4.69, 9.17) is 4.74 Å². The molecule has 2 aromatic carbocycles. The number of nitrogens with one attached hydrogen (secondary N) is 1. The maximum absolute atomic E-state index is 10.1. The number of β-amino-alcohol motifs (C(OH)–C–C–N with tert-alkyl or cyclic N) is 1. The lowest BCUT2D eigenvalue weighted by Gasteiger charge is -2.28. The van der Waals surface area contributed by atoms with Crippen molar-refractivity contribution in [2.45, 2.75) is 18.4 Å². The monoisotopic (exact) mass is 309 g/mol. The smallest absolute Gasteiger partial charge is 0.119 e. The van der Waals surface area contributed by atoms with Gasteiger partial charge in [-0.25, -0.2) is 0 Å².